The molecule has 1 aromatic carbocycles. The molecule has 0 radical (unpaired) electrons. The molecule has 6 heteroatoms. The van der Waals surface area contributed by atoms with Crippen LogP contribution in [0.25, 0.3) is 11.0 Å². The van der Waals surface area contributed by atoms with Crippen molar-refractivity contribution in [3.8, 4) is 6.07 Å². The fraction of sp³-hybridized carbons (Fsp3) is 0.286. The summed E-state index contributed by atoms with van der Waals surface area (Å²) < 4.78 is 5.24. The summed E-state index contributed by atoms with van der Waals surface area (Å²) in [5.74, 6) is 0.0791. The second kappa shape index (κ2) is 7.01. The van der Waals surface area contributed by atoms with Crippen LogP contribution in [-0.4, -0.2) is 5.91 Å². The molecule has 0 saturated carbocycles. The van der Waals surface area contributed by atoms with Crippen molar-refractivity contribution >= 4 is 33.2 Å². The minimum atomic E-state index is -0.683. The predicted octanol–water partition coefficient (Wildman–Crippen LogP) is 4.49. The number of rotatable bonds is 3. The molecule has 1 atom stereocenters. The highest BCUT2D eigenvalue weighted by Crippen LogP contribution is 2.40. The van der Waals surface area contributed by atoms with E-state index in [4.69, 9.17) is 4.42 Å². The van der Waals surface area contributed by atoms with Gasteiger partial charge >= 0.3 is 5.63 Å². The number of nitrogens with one attached hydrogen (secondary N) is 1. The molecule has 0 bridgehead atoms. The summed E-state index contributed by atoms with van der Waals surface area (Å²) in [5, 5.41) is 13.6. The van der Waals surface area contributed by atoms with Gasteiger partial charge in [0.05, 0.1) is 5.56 Å². The Kier molecular flexibility index (Phi) is 4.54. The molecule has 4 rings (SSSR count). The van der Waals surface area contributed by atoms with Gasteiger partial charge in [-0.15, -0.1) is 11.3 Å². The zero-order valence-electron chi connectivity index (χ0n) is 14.9. The monoisotopic (exact) mass is 378 g/mol. The van der Waals surface area contributed by atoms with Crippen LogP contribution < -0.4 is 10.9 Å². The zero-order chi connectivity index (χ0) is 19.0. The second-order valence-corrected chi connectivity index (χ2v) is 7.88. The van der Waals surface area contributed by atoms with E-state index in [9.17, 15) is 14.9 Å². The smallest absolute Gasteiger partial charge is 0.349 e. The topological polar surface area (TPSA) is 83.1 Å². The first-order valence-electron chi connectivity index (χ1n) is 8.99. The van der Waals surface area contributed by atoms with Gasteiger partial charge in [0.25, 0.3) is 5.91 Å². The third-order valence-corrected chi connectivity index (χ3v) is 6.34. The number of hydrogen-bond donors (Lipinski definition) is 1. The van der Waals surface area contributed by atoms with Crippen molar-refractivity contribution in [3.63, 3.8) is 0 Å². The lowest BCUT2D eigenvalue weighted by atomic mass is 9.86. The van der Waals surface area contributed by atoms with E-state index in [0.717, 1.165) is 31.2 Å². The average molecular weight is 378 g/mol. The van der Waals surface area contributed by atoms with Crippen LogP contribution >= 0.6 is 11.3 Å². The summed E-state index contributed by atoms with van der Waals surface area (Å²) in [7, 11) is 0. The summed E-state index contributed by atoms with van der Waals surface area (Å²) in [4.78, 5) is 26.1. The maximum atomic E-state index is 12.7. The normalized spacial score (nSPS) is 15.9. The number of benzene rings is 1. The van der Waals surface area contributed by atoms with Crippen molar-refractivity contribution in [2.75, 3.05) is 5.32 Å². The number of nitrogens with zero attached hydrogens (tertiary/aromatic N) is 1. The zero-order valence-corrected chi connectivity index (χ0v) is 15.7. The van der Waals surface area contributed by atoms with Crippen LogP contribution in [0.4, 0.5) is 5.00 Å². The molecule has 2 aromatic heterocycles. The second-order valence-electron chi connectivity index (χ2n) is 6.78. The highest BCUT2D eigenvalue weighted by atomic mass is 32.1. The molecule has 1 amide bonds. The van der Waals surface area contributed by atoms with E-state index in [-0.39, 0.29) is 5.56 Å². The van der Waals surface area contributed by atoms with Crippen molar-refractivity contribution in [2.24, 2.45) is 5.92 Å². The van der Waals surface area contributed by atoms with Crippen LogP contribution in [0.2, 0.25) is 0 Å². The highest BCUT2D eigenvalue weighted by Gasteiger charge is 2.26. The molecule has 27 heavy (non-hydrogen) atoms. The first-order valence-corrected chi connectivity index (χ1v) is 9.81. The standard InChI is InChI=1S/C21H18N2O3S/c1-2-12-7-8-14-16(11-22)20(27-18(14)9-12)23-19(24)15-10-13-5-3-4-6-17(13)26-21(15)25/h3-6,10,12H,2,7-9H2,1H3,(H,23,24)/t12-/m0/s1. The Morgan fingerprint density at radius 3 is 3.00 bits per heavy atom. The quantitative estimate of drug-likeness (QED) is 0.681. The highest BCUT2D eigenvalue weighted by molar-refractivity contribution is 7.16. The molecule has 0 spiro atoms. The van der Waals surface area contributed by atoms with Gasteiger partial charge in [0, 0.05) is 10.3 Å². The van der Waals surface area contributed by atoms with Gasteiger partial charge in [-0.2, -0.15) is 5.26 Å². The maximum absolute atomic E-state index is 12.7. The van der Waals surface area contributed by atoms with Crippen molar-refractivity contribution in [2.45, 2.75) is 32.6 Å². The number of thiophene rings is 1. The molecule has 2 heterocycles. The first kappa shape index (κ1) is 17.5. The van der Waals surface area contributed by atoms with Gasteiger partial charge in [-0.1, -0.05) is 31.5 Å². The van der Waals surface area contributed by atoms with E-state index in [1.807, 2.05) is 6.07 Å². The van der Waals surface area contributed by atoms with Gasteiger partial charge < -0.3 is 9.73 Å². The number of carbonyl (C=O) groups excluding carboxylic acids is 1. The van der Waals surface area contributed by atoms with Gasteiger partial charge in [0.2, 0.25) is 0 Å². The molecule has 5 nitrogen and oxygen atoms in total. The van der Waals surface area contributed by atoms with Crippen LogP contribution in [0, 0.1) is 17.2 Å². The van der Waals surface area contributed by atoms with Gasteiger partial charge in [-0.3, -0.25) is 4.79 Å². The third kappa shape index (κ3) is 3.15. The van der Waals surface area contributed by atoms with E-state index in [1.54, 1.807) is 18.2 Å². The summed E-state index contributed by atoms with van der Waals surface area (Å²) in [6.45, 7) is 2.18. The fourth-order valence-corrected chi connectivity index (χ4v) is 4.91. The maximum Gasteiger partial charge on any atom is 0.349 e. The minimum Gasteiger partial charge on any atom is -0.422 e. The molecule has 1 aliphatic carbocycles. The number of para-hydroxylation sites is 1. The first-order chi connectivity index (χ1) is 13.1. The van der Waals surface area contributed by atoms with Gasteiger partial charge in [-0.05, 0) is 42.9 Å². The summed E-state index contributed by atoms with van der Waals surface area (Å²) in [6, 6.07) is 10.8. The van der Waals surface area contributed by atoms with Crippen LogP contribution in [0.3, 0.4) is 0 Å². The van der Waals surface area contributed by atoms with Crippen LogP contribution in [-0.2, 0) is 12.8 Å². The van der Waals surface area contributed by atoms with Crippen molar-refractivity contribution in [3.05, 3.63) is 62.3 Å². The molecule has 1 aliphatic rings. The molecule has 0 fully saturated rings. The SMILES string of the molecule is CC[C@H]1CCc2c(sc(NC(=O)c3cc4ccccc4oc3=O)c2C#N)C1. The molecule has 1 N–H and O–H groups in total. The molecule has 0 saturated heterocycles. The number of carbonyl (C=O) groups is 1. The Balaban J connectivity index is 1.68. The lowest BCUT2D eigenvalue weighted by Gasteiger charge is -2.20. The van der Waals surface area contributed by atoms with E-state index >= 15 is 0 Å². The van der Waals surface area contributed by atoms with Gasteiger partial charge in [0.1, 0.15) is 22.2 Å². The molecular weight excluding hydrogens is 360 g/mol. The lowest BCUT2D eigenvalue weighted by molar-refractivity contribution is 0.102. The fourth-order valence-electron chi connectivity index (χ4n) is 3.60. The van der Waals surface area contributed by atoms with E-state index in [2.05, 4.69) is 18.3 Å². The average Bonchev–Trinajstić information content (AvgIpc) is 3.03. The van der Waals surface area contributed by atoms with Crippen molar-refractivity contribution in [1.29, 1.82) is 5.26 Å². The summed E-state index contributed by atoms with van der Waals surface area (Å²) in [5.41, 5.74) is 1.28. The Bertz CT molecular complexity index is 1140. The lowest BCUT2D eigenvalue weighted by Crippen LogP contribution is -2.20. The molecule has 0 aliphatic heterocycles. The van der Waals surface area contributed by atoms with E-state index in [0.29, 0.717) is 27.5 Å². The van der Waals surface area contributed by atoms with Crippen molar-refractivity contribution < 1.29 is 9.21 Å². The van der Waals surface area contributed by atoms with Gasteiger partial charge in [0.15, 0.2) is 0 Å². The minimum absolute atomic E-state index is 0.0598. The molecular formula is C21H18N2O3S. The largest absolute Gasteiger partial charge is 0.422 e. The third-order valence-electron chi connectivity index (χ3n) is 5.17. The van der Waals surface area contributed by atoms with E-state index < -0.39 is 11.5 Å². The number of hydrogen-bond acceptors (Lipinski definition) is 5. The Hall–Kier alpha value is -2.91. The van der Waals surface area contributed by atoms with E-state index in [1.165, 1.54) is 22.3 Å². The van der Waals surface area contributed by atoms with Gasteiger partial charge in [-0.25, -0.2) is 4.79 Å². The van der Waals surface area contributed by atoms with Crippen LogP contribution in [0.1, 0.15) is 46.1 Å². The molecule has 0 unspecified atom stereocenters. The summed E-state index contributed by atoms with van der Waals surface area (Å²) >= 11 is 1.45. The number of nitriles is 1. The molecule has 3 aromatic rings. The van der Waals surface area contributed by atoms with Crippen molar-refractivity contribution in [1.82, 2.24) is 0 Å². The Morgan fingerprint density at radius 2 is 2.22 bits per heavy atom. The number of amides is 1. The number of fused-ring (bicyclic) bond motifs is 2. The van der Waals surface area contributed by atoms with Crippen LogP contribution in [0.15, 0.2) is 39.5 Å². The Labute approximate surface area is 160 Å². The predicted molar refractivity (Wildman–Crippen MR) is 105 cm³/mol. The molecule has 136 valence electrons. The summed E-state index contributed by atoms with van der Waals surface area (Å²) in [6.07, 6.45) is 3.98. The van der Waals surface area contributed by atoms with Crippen LogP contribution in [0.5, 0.6) is 0 Å². The Morgan fingerprint density at radius 1 is 1.41 bits per heavy atom. The number of anilines is 1.